The van der Waals surface area contributed by atoms with E-state index < -0.39 is 0 Å². The van der Waals surface area contributed by atoms with Gasteiger partial charge in [-0.25, -0.2) is 0 Å². The van der Waals surface area contributed by atoms with E-state index >= 15 is 0 Å². The van der Waals surface area contributed by atoms with E-state index in [4.69, 9.17) is 4.74 Å². The zero-order chi connectivity index (χ0) is 13.9. The highest BCUT2D eigenvalue weighted by atomic mass is 16.5. The first-order valence-electron chi connectivity index (χ1n) is 7.04. The van der Waals surface area contributed by atoms with Crippen LogP contribution in [0.25, 0.3) is 0 Å². The van der Waals surface area contributed by atoms with E-state index in [9.17, 15) is 4.79 Å². The molecule has 3 atom stereocenters. The van der Waals surface area contributed by atoms with Crippen molar-refractivity contribution in [2.75, 3.05) is 0 Å². The molecule has 1 aliphatic rings. The van der Waals surface area contributed by atoms with E-state index in [1.54, 1.807) is 0 Å². The highest BCUT2D eigenvalue weighted by molar-refractivity contribution is 5.82. The topological polar surface area (TPSA) is 26.3 Å². The van der Waals surface area contributed by atoms with Gasteiger partial charge in [-0.15, -0.1) is 0 Å². The molecular weight excluding hydrogens is 248 g/mol. The predicted octanol–water partition coefficient (Wildman–Crippen LogP) is 4.09. The lowest BCUT2D eigenvalue weighted by atomic mass is 9.86. The number of hydrogen-bond donors (Lipinski definition) is 0. The van der Waals surface area contributed by atoms with Gasteiger partial charge >= 0.3 is 0 Å². The summed E-state index contributed by atoms with van der Waals surface area (Å²) in [5, 5.41) is 0. The van der Waals surface area contributed by atoms with Gasteiger partial charge in [0.05, 0.1) is 12.2 Å². The van der Waals surface area contributed by atoms with Crippen LogP contribution in [-0.2, 0) is 9.53 Å². The first-order chi connectivity index (χ1) is 9.75. The second-order valence-corrected chi connectivity index (χ2v) is 5.33. The van der Waals surface area contributed by atoms with E-state index in [0.29, 0.717) is 6.42 Å². The van der Waals surface area contributed by atoms with Gasteiger partial charge in [0, 0.05) is 12.3 Å². The van der Waals surface area contributed by atoms with Crippen LogP contribution >= 0.6 is 0 Å². The summed E-state index contributed by atoms with van der Waals surface area (Å²) in [7, 11) is 0. The van der Waals surface area contributed by atoms with Crippen molar-refractivity contribution in [2.24, 2.45) is 5.92 Å². The lowest BCUT2D eigenvalue weighted by Gasteiger charge is -2.34. The number of hydrogen-bond acceptors (Lipinski definition) is 2. The fourth-order valence-corrected chi connectivity index (χ4v) is 2.75. The summed E-state index contributed by atoms with van der Waals surface area (Å²) < 4.78 is 6.22. The van der Waals surface area contributed by atoms with Gasteiger partial charge in [-0.05, 0) is 11.1 Å². The maximum absolute atomic E-state index is 12.3. The Bertz CT molecular complexity index is 577. The molecule has 1 saturated heterocycles. The van der Waals surface area contributed by atoms with Crippen LogP contribution in [0.1, 0.15) is 36.7 Å². The van der Waals surface area contributed by atoms with Crippen LogP contribution in [-0.4, -0.2) is 5.78 Å². The number of Topliss-reactive ketones (excluding diaryl/α,β-unsaturated/α-hetero) is 1. The molecule has 0 unspecified atom stereocenters. The number of carbonyl (C=O) groups excluding carboxylic acids is 1. The number of ketones is 1. The maximum atomic E-state index is 12.3. The van der Waals surface area contributed by atoms with E-state index in [2.05, 4.69) is 0 Å². The largest absolute Gasteiger partial charge is 0.364 e. The molecule has 2 nitrogen and oxygen atoms in total. The molecule has 1 heterocycles. The molecule has 3 rings (SSSR count). The summed E-state index contributed by atoms with van der Waals surface area (Å²) in [6.07, 6.45) is 0.182. The third-order valence-electron chi connectivity index (χ3n) is 3.96. The highest BCUT2D eigenvalue weighted by Gasteiger charge is 2.35. The molecule has 102 valence electrons. The smallest absolute Gasteiger partial charge is 0.141 e. The van der Waals surface area contributed by atoms with Gasteiger partial charge < -0.3 is 4.74 Å². The Morgan fingerprint density at radius 3 is 2.05 bits per heavy atom. The van der Waals surface area contributed by atoms with Gasteiger partial charge in [0.25, 0.3) is 0 Å². The van der Waals surface area contributed by atoms with E-state index in [1.165, 1.54) is 0 Å². The molecule has 0 aliphatic carbocycles. The minimum absolute atomic E-state index is 0.0858. The van der Waals surface area contributed by atoms with Crippen LogP contribution < -0.4 is 0 Å². The van der Waals surface area contributed by atoms with Crippen molar-refractivity contribution >= 4 is 5.78 Å². The standard InChI is InChI=1S/C18H18O2/c1-13-16(19)12-17(14-8-4-2-5-9-14)20-18(13)15-10-6-3-7-11-15/h2-11,13,17-18H,12H2,1H3/t13-,17-,18-/m0/s1. The third-order valence-corrected chi connectivity index (χ3v) is 3.96. The predicted molar refractivity (Wildman–Crippen MR) is 78.2 cm³/mol. The number of benzene rings is 2. The monoisotopic (exact) mass is 266 g/mol. The summed E-state index contributed by atoms with van der Waals surface area (Å²) in [5.74, 6) is 0.191. The number of ether oxygens (including phenoxy) is 1. The van der Waals surface area contributed by atoms with Gasteiger partial charge in [-0.3, -0.25) is 4.79 Å². The molecule has 1 aliphatic heterocycles. The van der Waals surface area contributed by atoms with Crippen molar-refractivity contribution in [2.45, 2.75) is 25.6 Å². The van der Waals surface area contributed by atoms with Crippen molar-refractivity contribution in [3.05, 3.63) is 71.8 Å². The Morgan fingerprint density at radius 2 is 1.45 bits per heavy atom. The molecular formula is C18H18O2. The first kappa shape index (κ1) is 13.1. The van der Waals surface area contributed by atoms with Gasteiger partial charge in [0.1, 0.15) is 5.78 Å². The van der Waals surface area contributed by atoms with Gasteiger partial charge in [0.2, 0.25) is 0 Å². The number of rotatable bonds is 2. The molecule has 20 heavy (non-hydrogen) atoms. The lowest BCUT2D eigenvalue weighted by Crippen LogP contribution is -2.31. The minimum Gasteiger partial charge on any atom is -0.364 e. The average molecular weight is 266 g/mol. The molecule has 0 radical (unpaired) electrons. The molecule has 2 aromatic rings. The van der Waals surface area contributed by atoms with Crippen molar-refractivity contribution in [3.8, 4) is 0 Å². The summed E-state index contributed by atoms with van der Waals surface area (Å²) in [4.78, 5) is 12.3. The zero-order valence-corrected chi connectivity index (χ0v) is 11.5. The Morgan fingerprint density at radius 1 is 0.900 bits per heavy atom. The molecule has 0 aromatic heterocycles. The normalized spacial score (nSPS) is 26.4. The number of carbonyl (C=O) groups is 1. The lowest BCUT2D eigenvalue weighted by molar-refractivity contribution is -0.146. The van der Waals surface area contributed by atoms with Gasteiger partial charge in [-0.2, -0.15) is 0 Å². The molecule has 0 spiro atoms. The van der Waals surface area contributed by atoms with E-state index in [0.717, 1.165) is 11.1 Å². The quantitative estimate of drug-likeness (QED) is 0.818. The molecule has 0 amide bonds. The second-order valence-electron chi connectivity index (χ2n) is 5.33. The maximum Gasteiger partial charge on any atom is 0.141 e. The van der Waals surface area contributed by atoms with Crippen molar-refractivity contribution in [1.82, 2.24) is 0 Å². The summed E-state index contributed by atoms with van der Waals surface area (Å²) in [5.41, 5.74) is 2.16. The van der Waals surface area contributed by atoms with Crippen LogP contribution in [0, 0.1) is 5.92 Å². The fraction of sp³-hybridized carbons (Fsp3) is 0.278. The molecule has 0 saturated carbocycles. The van der Waals surface area contributed by atoms with Crippen LogP contribution in [0.5, 0.6) is 0 Å². The van der Waals surface area contributed by atoms with Crippen molar-refractivity contribution in [3.63, 3.8) is 0 Å². The van der Waals surface area contributed by atoms with E-state index in [1.807, 2.05) is 67.6 Å². The Labute approximate surface area is 119 Å². The summed E-state index contributed by atoms with van der Waals surface area (Å²) in [6.45, 7) is 1.96. The van der Waals surface area contributed by atoms with E-state index in [-0.39, 0.29) is 23.9 Å². The Hall–Kier alpha value is -1.93. The average Bonchev–Trinajstić information content (AvgIpc) is 2.51. The summed E-state index contributed by atoms with van der Waals surface area (Å²) in [6, 6.07) is 20.0. The van der Waals surface area contributed by atoms with Crippen molar-refractivity contribution < 1.29 is 9.53 Å². The summed E-state index contributed by atoms with van der Waals surface area (Å²) >= 11 is 0. The van der Waals surface area contributed by atoms with Gasteiger partial charge in [0.15, 0.2) is 0 Å². The second kappa shape index (κ2) is 5.59. The molecule has 2 heteroatoms. The van der Waals surface area contributed by atoms with Crippen LogP contribution in [0.2, 0.25) is 0 Å². The third kappa shape index (κ3) is 2.52. The zero-order valence-electron chi connectivity index (χ0n) is 11.5. The molecule has 0 N–H and O–H groups in total. The van der Waals surface area contributed by atoms with Crippen LogP contribution in [0.4, 0.5) is 0 Å². The highest BCUT2D eigenvalue weighted by Crippen LogP contribution is 2.40. The van der Waals surface area contributed by atoms with Crippen LogP contribution in [0.3, 0.4) is 0 Å². The molecule has 2 aromatic carbocycles. The molecule has 0 bridgehead atoms. The van der Waals surface area contributed by atoms with Crippen LogP contribution in [0.15, 0.2) is 60.7 Å². The molecule has 1 fully saturated rings. The minimum atomic E-state index is -0.150. The Kier molecular flexibility index (Phi) is 3.66. The van der Waals surface area contributed by atoms with Crippen molar-refractivity contribution in [1.29, 1.82) is 0 Å². The first-order valence-corrected chi connectivity index (χ1v) is 7.04. The Balaban J connectivity index is 1.89. The fourth-order valence-electron chi connectivity index (χ4n) is 2.75. The SMILES string of the molecule is C[C@H]1C(=O)C[C@@H](c2ccccc2)O[C@@H]1c1ccccc1. The van der Waals surface area contributed by atoms with Gasteiger partial charge in [-0.1, -0.05) is 67.6 Å².